The SMILES string of the molecule is CCNCCCN=c1cc2n(-c3ccc(Cl)cc3)c3ccccc3nc-2cc1Nc1ccc(Cl)cc1. The third-order valence-corrected chi connectivity index (χ3v) is 6.45. The monoisotopic (exact) mass is 515 g/mol. The van der Waals surface area contributed by atoms with Gasteiger partial charge >= 0.3 is 0 Å². The van der Waals surface area contributed by atoms with Crippen molar-refractivity contribution in [2.45, 2.75) is 13.3 Å². The van der Waals surface area contributed by atoms with Crippen LogP contribution >= 0.6 is 23.2 Å². The van der Waals surface area contributed by atoms with Crippen LogP contribution in [0.1, 0.15) is 13.3 Å². The van der Waals surface area contributed by atoms with E-state index in [1.54, 1.807) is 0 Å². The number of benzene rings is 4. The molecule has 0 amide bonds. The molecule has 1 heterocycles. The summed E-state index contributed by atoms with van der Waals surface area (Å²) in [6, 6.07) is 27.9. The molecule has 1 aliphatic carbocycles. The summed E-state index contributed by atoms with van der Waals surface area (Å²) in [6.07, 6.45) is 0.958. The topological polar surface area (TPSA) is 54.2 Å². The van der Waals surface area contributed by atoms with Gasteiger partial charge in [0.1, 0.15) is 0 Å². The van der Waals surface area contributed by atoms with Gasteiger partial charge in [-0.15, -0.1) is 0 Å². The lowest BCUT2D eigenvalue weighted by atomic mass is 10.1. The molecule has 0 saturated carbocycles. The minimum Gasteiger partial charge on any atom is -0.354 e. The van der Waals surface area contributed by atoms with Gasteiger partial charge < -0.3 is 15.2 Å². The molecule has 3 aromatic carbocycles. The Hall–Kier alpha value is -3.38. The van der Waals surface area contributed by atoms with Crippen molar-refractivity contribution in [1.29, 1.82) is 0 Å². The highest BCUT2D eigenvalue weighted by Crippen LogP contribution is 2.31. The molecular weight excluding hydrogens is 489 g/mol. The Morgan fingerprint density at radius 2 is 1.61 bits per heavy atom. The van der Waals surface area contributed by atoms with Gasteiger partial charge in [-0.3, -0.25) is 4.99 Å². The maximum atomic E-state index is 6.20. The third-order valence-electron chi connectivity index (χ3n) is 5.95. The lowest BCUT2D eigenvalue weighted by molar-refractivity contribution is 0.676. The predicted octanol–water partition coefficient (Wildman–Crippen LogP) is 7.08. The van der Waals surface area contributed by atoms with Gasteiger partial charge in [-0.05, 0) is 92.3 Å². The summed E-state index contributed by atoms with van der Waals surface area (Å²) in [6.45, 7) is 4.72. The van der Waals surface area contributed by atoms with E-state index in [0.717, 1.165) is 70.9 Å². The lowest BCUT2D eigenvalue weighted by Gasteiger charge is -2.20. The van der Waals surface area contributed by atoms with Crippen LogP contribution in [-0.4, -0.2) is 29.2 Å². The zero-order chi connectivity index (χ0) is 24.9. The molecule has 0 unspecified atom stereocenters. The maximum absolute atomic E-state index is 6.20. The second-order valence-corrected chi connectivity index (χ2v) is 9.36. The van der Waals surface area contributed by atoms with Crippen LogP contribution in [0.15, 0.2) is 89.9 Å². The van der Waals surface area contributed by atoms with E-state index < -0.39 is 0 Å². The van der Waals surface area contributed by atoms with Gasteiger partial charge in [0, 0.05) is 28.0 Å². The first-order chi connectivity index (χ1) is 17.6. The smallest absolute Gasteiger partial charge is 0.0900 e. The standard InChI is InChI=1S/C29H27Cl2N5/c1-2-32-16-5-17-33-25-19-29-27(18-26(25)34-22-12-8-20(30)9-13-22)35-24-6-3-4-7-28(24)36(29)23-14-10-21(31)11-15-23/h3-4,6-15,18-19,32,34H,2,5,16-17H2,1H3. The molecular formula is C29H27Cl2N5. The van der Waals surface area contributed by atoms with Crippen LogP contribution in [0.25, 0.3) is 28.1 Å². The number of para-hydroxylation sites is 2. The van der Waals surface area contributed by atoms with Gasteiger partial charge in [0.15, 0.2) is 0 Å². The number of nitrogens with zero attached hydrogens (tertiary/aromatic N) is 3. The van der Waals surface area contributed by atoms with Crippen molar-refractivity contribution < 1.29 is 0 Å². The molecule has 0 atom stereocenters. The minimum atomic E-state index is 0.699. The fourth-order valence-corrected chi connectivity index (χ4v) is 4.46. The number of nitrogens with one attached hydrogen (secondary N) is 2. The molecule has 0 radical (unpaired) electrons. The Bertz CT molecular complexity index is 1510. The van der Waals surface area contributed by atoms with E-state index in [1.165, 1.54) is 0 Å². The van der Waals surface area contributed by atoms with E-state index in [4.69, 9.17) is 33.2 Å². The number of hydrogen-bond acceptors (Lipinski definition) is 4. The maximum Gasteiger partial charge on any atom is 0.0900 e. The average Bonchev–Trinajstić information content (AvgIpc) is 2.89. The molecule has 0 spiro atoms. The number of fused-ring (bicyclic) bond motifs is 2. The average molecular weight is 516 g/mol. The van der Waals surface area contributed by atoms with Crippen molar-refractivity contribution >= 4 is 45.6 Å². The summed E-state index contributed by atoms with van der Waals surface area (Å²) in [7, 11) is 0. The minimum absolute atomic E-state index is 0.699. The van der Waals surface area contributed by atoms with Crippen LogP contribution in [0, 0.1) is 0 Å². The normalized spacial score (nSPS) is 11.9. The van der Waals surface area contributed by atoms with Gasteiger partial charge in [-0.1, -0.05) is 42.3 Å². The Balaban J connectivity index is 1.70. The quantitative estimate of drug-likeness (QED) is 0.171. The lowest BCUT2D eigenvalue weighted by Crippen LogP contribution is -2.17. The van der Waals surface area contributed by atoms with Crippen LogP contribution in [-0.2, 0) is 0 Å². The number of rotatable bonds is 8. The predicted molar refractivity (Wildman–Crippen MR) is 151 cm³/mol. The van der Waals surface area contributed by atoms with Crippen molar-refractivity contribution in [2.24, 2.45) is 4.99 Å². The van der Waals surface area contributed by atoms with Crippen LogP contribution in [0.3, 0.4) is 0 Å². The molecule has 182 valence electrons. The Morgan fingerprint density at radius 1 is 0.889 bits per heavy atom. The van der Waals surface area contributed by atoms with Crippen LogP contribution < -0.4 is 16.0 Å². The number of aromatic nitrogens is 2. The van der Waals surface area contributed by atoms with Crippen LogP contribution in [0.5, 0.6) is 0 Å². The summed E-state index contributed by atoms with van der Waals surface area (Å²) < 4.78 is 2.22. The molecule has 7 heteroatoms. The molecule has 36 heavy (non-hydrogen) atoms. The summed E-state index contributed by atoms with van der Waals surface area (Å²) in [5.41, 5.74) is 6.62. The first-order valence-electron chi connectivity index (χ1n) is 12.1. The highest BCUT2D eigenvalue weighted by molar-refractivity contribution is 6.30. The summed E-state index contributed by atoms with van der Waals surface area (Å²) in [5.74, 6) is 0. The number of hydrogen-bond donors (Lipinski definition) is 2. The zero-order valence-electron chi connectivity index (χ0n) is 20.0. The fraction of sp³-hybridized carbons (Fsp3) is 0.172. The Kier molecular flexibility index (Phi) is 7.52. The molecule has 2 N–H and O–H groups in total. The van der Waals surface area contributed by atoms with Crippen molar-refractivity contribution in [3.63, 3.8) is 0 Å². The molecule has 0 bridgehead atoms. The van der Waals surface area contributed by atoms with Crippen molar-refractivity contribution in [3.05, 3.63) is 100 Å². The fourth-order valence-electron chi connectivity index (χ4n) is 4.21. The van der Waals surface area contributed by atoms with Crippen molar-refractivity contribution in [3.8, 4) is 17.1 Å². The molecule has 5 rings (SSSR count). The third kappa shape index (κ3) is 5.39. The van der Waals surface area contributed by atoms with E-state index in [-0.39, 0.29) is 0 Å². The first-order valence-corrected chi connectivity index (χ1v) is 12.8. The van der Waals surface area contributed by atoms with Crippen molar-refractivity contribution in [1.82, 2.24) is 14.9 Å². The molecule has 1 aliphatic heterocycles. The van der Waals surface area contributed by atoms with Crippen LogP contribution in [0.2, 0.25) is 10.0 Å². The van der Waals surface area contributed by atoms with Gasteiger partial charge in [0.2, 0.25) is 0 Å². The largest absolute Gasteiger partial charge is 0.354 e. The van der Waals surface area contributed by atoms with E-state index in [2.05, 4.69) is 40.3 Å². The number of halogens is 2. The Labute approximate surface area is 220 Å². The second-order valence-electron chi connectivity index (χ2n) is 8.49. The molecule has 0 saturated heterocycles. The van der Waals surface area contributed by atoms with E-state index >= 15 is 0 Å². The molecule has 5 nitrogen and oxygen atoms in total. The van der Waals surface area contributed by atoms with Gasteiger partial charge in [0.25, 0.3) is 0 Å². The molecule has 3 aromatic rings. The number of anilines is 2. The first kappa shape index (κ1) is 24.3. The second kappa shape index (κ2) is 11.1. The highest BCUT2D eigenvalue weighted by Gasteiger charge is 2.16. The zero-order valence-corrected chi connectivity index (χ0v) is 21.5. The Morgan fingerprint density at radius 3 is 2.36 bits per heavy atom. The van der Waals surface area contributed by atoms with E-state index in [0.29, 0.717) is 10.0 Å². The van der Waals surface area contributed by atoms with E-state index in [1.807, 2.05) is 66.7 Å². The summed E-state index contributed by atoms with van der Waals surface area (Å²) in [4.78, 5) is 9.98. The molecule has 0 aromatic heterocycles. The molecule has 0 fully saturated rings. The van der Waals surface area contributed by atoms with Crippen molar-refractivity contribution in [2.75, 3.05) is 25.0 Å². The van der Waals surface area contributed by atoms with Gasteiger partial charge in [0.05, 0.1) is 33.5 Å². The van der Waals surface area contributed by atoms with Gasteiger partial charge in [-0.2, -0.15) is 0 Å². The highest BCUT2D eigenvalue weighted by atomic mass is 35.5. The summed E-state index contributed by atoms with van der Waals surface area (Å²) >= 11 is 12.3. The van der Waals surface area contributed by atoms with Gasteiger partial charge in [-0.25, -0.2) is 4.98 Å². The van der Waals surface area contributed by atoms with Crippen LogP contribution in [0.4, 0.5) is 11.4 Å². The molecule has 2 aliphatic rings. The van der Waals surface area contributed by atoms with E-state index in [9.17, 15) is 0 Å². The summed E-state index contributed by atoms with van der Waals surface area (Å²) in [5, 5.41) is 9.17.